The molecule has 0 radical (unpaired) electrons. The van der Waals surface area contributed by atoms with Crippen LogP contribution in [0, 0.1) is 0 Å². The molecule has 2 amide bonds. The number of hydrogen-bond acceptors (Lipinski definition) is 6. The molecule has 0 aliphatic rings. The number of anilines is 2. The monoisotopic (exact) mass is 557 g/mol. The maximum absolute atomic E-state index is 12.7. The van der Waals surface area contributed by atoms with Crippen molar-refractivity contribution in [3.63, 3.8) is 0 Å². The quantitative estimate of drug-likeness (QED) is 0.212. The van der Waals surface area contributed by atoms with Crippen LogP contribution in [0.15, 0.2) is 83.1 Å². The molecule has 0 aliphatic heterocycles. The van der Waals surface area contributed by atoms with Gasteiger partial charge in [-0.2, -0.15) is 0 Å². The van der Waals surface area contributed by atoms with Gasteiger partial charge in [-0.1, -0.05) is 47.5 Å². The minimum Gasteiger partial charge on any atom is -0.484 e. The zero-order valence-corrected chi connectivity index (χ0v) is 22.2. The predicted octanol–water partition coefficient (Wildman–Crippen LogP) is 7.25. The molecular weight excluding hydrogens is 537 g/mol. The number of carbonyl (C=O) groups excluding carboxylic acids is 2. The zero-order valence-electron chi connectivity index (χ0n) is 19.0. The molecule has 184 valence electrons. The highest BCUT2D eigenvalue weighted by molar-refractivity contribution is 8.00. The standard InChI is InChI=1S/C26H21Cl2N3O3S2/c1-16(25(33)31-26-30-23(15-35-26)17-7-12-21(27)22(28)13-17)36-20-10-8-18(9-11-20)29-24(32)14-34-19-5-3-2-4-6-19/h2-13,15-16H,14H2,1H3,(H,29,32)(H,30,31,33). The lowest BCUT2D eigenvalue weighted by molar-refractivity contribution is -0.118. The molecular formula is C26H21Cl2N3O3S2. The van der Waals surface area contributed by atoms with Crippen LogP contribution in [0.4, 0.5) is 10.8 Å². The second-order valence-corrected chi connectivity index (χ2v) is 10.7. The number of rotatable bonds is 9. The summed E-state index contributed by atoms with van der Waals surface area (Å²) in [6.07, 6.45) is 0. The first-order valence-electron chi connectivity index (χ1n) is 10.8. The highest BCUT2D eigenvalue weighted by atomic mass is 35.5. The number of carbonyl (C=O) groups is 2. The van der Waals surface area contributed by atoms with Crippen molar-refractivity contribution in [1.29, 1.82) is 0 Å². The van der Waals surface area contributed by atoms with E-state index in [4.69, 9.17) is 27.9 Å². The molecule has 10 heteroatoms. The minimum absolute atomic E-state index is 0.0821. The van der Waals surface area contributed by atoms with Crippen molar-refractivity contribution in [2.75, 3.05) is 17.2 Å². The third-order valence-electron chi connectivity index (χ3n) is 4.88. The average molecular weight is 559 g/mol. The Morgan fingerprint density at radius 1 is 1.00 bits per heavy atom. The molecule has 1 aromatic heterocycles. The number of benzene rings is 3. The van der Waals surface area contributed by atoms with Crippen LogP contribution in [0.1, 0.15) is 6.92 Å². The van der Waals surface area contributed by atoms with Crippen LogP contribution >= 0.6 is 46.3 Å². The van der Waals surface area contributed by atoms with Gasteiger partial charge in [-0.25, -0.2) is 4.98 Å². The molecule has 36 heavy (non-hydrogen) atoms. The van der Waals surface area contributed by atoms with E-state index in [1.165, 1.54) is 23.1 Å². The number of hydrogen-bond donors (Lipinski definition) is 2. The van der Waals surface area contributed by atoms with Crippen LogP contribution in [0.5, 0.6) is 5.75 Å². The molecule has 0 bridgehead atoms. The molecule has 1 heterocycles. The molecule has 1 atom stereocenters. The van der Waals surface area contributed by atoms with E-state index in [1.54, 1.807) is 36.4 Å². The fourth-order valence-corrected chi connectivity index (χ4v) is 4.95. The van der Waals surface area contributed by atoms with Gasteiger partial charge in [-0.15, -0.1) is 23.1 Å². The molecule has 0 spiro atoms. The van der Waals surface area contributed by atoms with Gasteiger partial charge in [0.15, 0.2) is 11.7 Å². The number of para-hydroxylation sites is 1. The van der Waals surface area contributed by atoms with Crippen LogP contribution < -0.4 is 15.4 Å². The van der Waals surface area contributed by atoms with Crippen molar-refractivity contribution in [2.24, 2.45) is 0 Å². The van der Waals surface area contributed by atoms with Gasteiger partial charge in [0.2, 0.25) is 5.91 Å². The van der Waals surface area contributed by atoms with Gasteiger partial charge in [0.25, 0.3) is 5.91 Å². The number of nitrogens with zero attached hydrogens (tertiary/aromatic N) is 1. The zero-order chi connectivity index (χ0) is 25.5. The van der Waals surface area contributed by atoms with Crippen molar-refractivity contribution in [3.8, 4) is 17.0 Å². The number of ether oxygens (including phenoxy) is 1. The molecule has 2 N–H and O–H groups in total. The first-order chi connectivity index (χ1) is 17.4. The van der Waals surface area contributed by atoms with Gasteiger partial charge < -0.3 is 15.4 Å². The Bertz CT molecular complexity index is 1350. The Hall–Kier alpha value is -3.04. The van der Waals surface area contributed by atoms with E-state index in [0.717, 1.165) is 10.5 Å². The van der Waals surface area contributed by atoms with Gasteiger partial charge in [-0.05, 0) is 55.5 Å². The fourth-order valence-electron chi connectivity index (χ4n) is 3.06. The number of aromatic nitrogens is 1. The number of thiazole rings is 1. The number of nitrogens with one attached hydrogen (secondary N) is 2. The Balaban J connectivity index is 1.26. The largest absolute Gasteiger partial charge is 0.484 e. The van der Waals surface area contributed by atoms with Crippen molar-refractivity contribution >= 4 is 68.9 Å². The lowest BCUT2D eigenvalue weighted by Gasteiger charge is -2.11. The van der Waals surface area contributed by atoms with E-state index in [0.29, 0.717) is 32.3 Å². The topological polar surface area (TPSA) is 80.3 Å². The summed E-state index contributed by atoms with van der Waals surface area (Å²) >= 11 is 14.8. The van der Waals surface area contributed by atoms with Gasteiger partial charge in [0.05, 0.1) is 21.0 Å². The summed E-state index contributed by atoms with van der Waals surface area (Å²) in [5.41, 5.74) is 2.18. The Kier molecular flexibility index (Phi) is 8.88. The summed E-state index contributed by atoms with van der Waals surface area (Å²) in [5, 5.41) is 8.58. The third-order valence-corrected chi connectivity index (χ3v) is 7.49. The number of thioether (sulfide) groups is 1. The van der Waals surface area contributed by atoms with Crippen molar-refractivity contribution in [1.82, 2.24) is 4.98 Å². The SMILES string of the molecule is CC(Sc1ccc(NC(=O)COc2ccccc2)cc1)C(=O)Nc1nc(-c2ccc(Cl)c(Cl)c2)cs1. The van der Waals surface area contributed by atoms with Crippen LogP contribution in [0.2, 0.25) is 10.0 Å². The molecule has 1 unspecified atom stereocenters. The highest BCUT2D eigenvalue weighted by Gasteiger charge is 2.17. The molecule has 0 saturated carbocycles. The van der Waals surface area contributed by atoms with Gasteiger partial charge >= 0.3 is 0 Å². The molecule has 0 saturated heterocycles. The molecule has 0 fully saturated rings. The summed E-state index contributed by atoms with van der Waals surface area (Å²) < 4.78 is 5.45. The normalized spacial score (nSPS) is 11.5. The van der Waals surface area contributed by atoms with E-state index < -0.39 is 0 Å². The van der Waals surface area contributed by atoms with Crippen molar-refractivity contribution in [3.05, 3.63) is 88.2 Å². The van der Waals surface area contributed by atoms with Gasteiger partial charge in [-0.3, -0.25) is 9.59 Å². The molecule has 0 aliphatic carbocycles. The first kappa shape index (κ1) is 26.0. The van der Waals surface area contributed by atoms with Gasteiger partial charge in [0.1, 0.15) is 5.75 Å². The Morgan fingerprint density at radius 2 is 1.75 bits per heavy atom. The molecule has 4 rings (SSSR count). The van der Waals surface area contributed by atoms with Crippen molar-refractivity contribution in [2.45, 2.75) is 17.1 Å². The van der Waals surface area contributed by atoms with Crippen LogP contribution in [0.3, 0.4) is 0 Å². The summed E-state index contributed by atoms with van der Waals surface area (Å²) in [7, 11) is 0. The second kappa shape index (κ2) is 12.3. The Morgan fingerprint density at radius 3 is 2.47 bits per heavy atom. The summed E-state index contributed by atoms with van der Waals surface area (Å²) in [4.78, 5) is 30.2. The molecule has 3 aromatic carbocycles. The van der Waals surface area contributed by atoms with E-state index in [-0.39, 0.29) is 23.7 Å². The van der Waals surface area contributed by atoms with Gasteiger partial charge in [0, 0.05) is 21.5 Å². The lowest BCUT2D eigenvalue weighted by Crippen LogP contribution is -2.22. The van der Waals surface area contributed by atoms with Crippen molar-refractivity contribution < 1.29 is 14.3 Å². The number of halogens is 2. The van der Waals surface area contributed by atoms with E-state index in [2.05, 4.69) is 15.6 Å². The van der Waals surface area contributed by atoms with Crippen LogP contribution in [-0.2, 0) is 9.59 Å². The fraction of sp³-hybridized carbons (Fsp3) is 0.115. The number of amides is 2. The predicted molar refractivity (Wildman–Crippen MR) is 149 cm³/mol. The van der Waals surface area contributed by atoms with E-state index >= 15 is 0 Å². The lowest BCUT2D eigenvalue weighted by atomic mass is 10.2. The summed E-state index contributed by atoms with van der Waals surface area (Å²) in [6.45, 7) is 1.74. The summed E-state index contributed by atoms with van der Waals surface area (Å²) in [6, 6.07) is 21.7. The second-order valence-electron chi connectivity index (χ2n) is 7.59. The smallest absolute Gasteiger partial charge is 0.262 e. The molecule has 6 nitrogen and oxygen atoms in total. The minimum atomic E-state index is -0.359. The van der Waals surface area contributed by atoms with Crippen LogP contribution in [0.25, 0.3) is 11.3 Å². The maximum atomic E-state index is 12.7. The summed E-state index contributed by atoms with van der Waals surface area (Å²) in [5.74, 6) is 0.219. The third kappa shape index (κ3) is 7.24. The van der Waals surface area contributed by atoms with Crippen LogP contribution in [-0.4, -0.2) is 28.7 Å². The highest BCUT2D eigenvalue weighted by Crippen LogP contribution is 2.31. The Labute approximate surface area is 227 Å². The first-order valence-corrected chi connectivity index (χ1v) is 13.3. The maximum Gasteiger partial charge on any atom is 0.262 e. The van der Waals surface area contributed by atoms with E-state index in [1.807, 2.05) is 48.7 Å². The average Bonchev–Trinajstić information content (AvgIpc) is 3.34. The molecule has 4 aromatic rings. The van der Waals surface area contributed by atoms with E-state index in [9.17, 15) is 9.59 Å².